The fraction of sp³-hybridized carbons (Fsp3) is 0.833. The molecule has 0 aliphatic carbocycles. The Balaban J connectivity index is 2.64. The van der Waals surface area contributed by atoms with Gasteiger partial charge in [-0.2, -0.15) is 0 Å². The van der Waals surface area contributed by atoms with Gasteiger partial charge in [0.05, 0.1) is 19.3 Å². The first-order chi connectivity index (χ1) is 8.61. The summed E-state index contributed by atoms with van der Waals surface area (Å²) >= 11 is 0. The molecule has 104 valence electrons. The number of amides is 2. The lowest BCUT2D eigenvalue weighted by molar-refractivity contribution is -0.149. The van der Waals surface area contributed by atoms with Gasteiger partial charge in [-0.1, -0.05) is 19.8 Å². The first-order valence-corrected chi connectivity index (χ1v) is 6.47. The van der Waals surface area contributed by atoms with E-state index in [1.54, 1.807) is 11.9 Å². The Morgan fingerprint density at radius 1 is 1.56 bits per heavy atom. The second-order valence-corrected chi connectivity index (χ2v) is 4.49. The van der Waals surface area contributed by atoms with E-state index in [1.165, 1.54) is 0 Å². The number of nitrogens with two attached hydrogens (primary N) is 1. The van der Waals surface area contributed by atoms with Gasteiger partial charge in [-0.3, -0.25) is 9.59 Å². The Bertz CT molecular complexity index is 296. The number of likely N-dealkylation sites (N-methyl/N-ethyl adjacent to an activating group) is 1. The van der Waals surface area contributed by atoms with E-state index in [2.05, 4.69) is 12.2 Å². The monoisotopic (exact) mass is 257 g/mol. The molecule has 0 radical (unpaired) electrons. The van der Waals surface area contributed by atoms with E-state index in [0.29, 0.717) is 19.6 Å². The molecule has 1 saturated heterocycles. The fourth-order valence-corrected chi connectivity index (χ4v) is 2.01. The lowest BCUT2D eigenvalue weighted by Gasteiger charge is -2.35. The Morgan fingerprint density at radius 2 is 2.28 bits per heavy atom. The molecule has 6 nitrogen and oxygen atoms in total. The summed E-state index contributed by atoms with van der Waals surface area (Å²) in [5.74, 6) is -0.355. The number of nitrogens with one attached hydrogen (secondary N) is 1. The zero-order valence-electron chi connectivity index (χ0n) is 11.1. The molecule has 6 heteroatoms. The Labute approximate surface area is 108 Å². The van der Waals surface area contributed by atoms with Gasteiger partial charge < -0.3 is 20.7 Å². The van der Waals surface area contributed by atoms with Gasteiger partial charge in [-0.15, -0.1) is 0 Å². The Morgan fingerprint density at radius 3 is 2.89 bits per heavy atom. The summed E-state index contributed by atoms with van der Waals surface area (Å²) in [7, 11) is 1.55. The van der Waals surface area contributed by atoms with Gasteiger partial charge in [0.25, 0.3) is 0 Å². The van der Waals surface area contributed by atoms with E-state index in [4.69, 9.17) is 10.5 Å². The third-order valence-electron chi connectivity index (χ3n) is 3.15. The van der Waals surface area contributed by atoms with E-state index in [0.717, 1.165) is 12.8 Å². The van der Waals surface area contributed by atoms with E-state index in [1.807, 2.05) is 0 Å². The number of hydrogen-bond acceptors (Lipinski definition) is 4. The van der Waals surface area contributed by atoms with Crippen LogP contribution in [0.25, 0.3) is 0 Å². The number of nitrogens with zero attached hydrogens (tertiary/aromatic N) is 1. The first kappa shape index (κ1) is 14.9. The van der Waals surface area contributed by atoms with Crippen LogP contribution in [-0.4, -0.2) is 55.6 Å². The summed E-state index contributed by atoms with van der Waals surface area (Å²) in [4.78, 5) is 25.4. The van der Waals surface area contributed by atoms with Crippen molar-refractivity contribution < 1.29 is 14.3 Å². The van der Waals surface area contributed by atoms with E-state index >= 15 is 0 Å². The fourth-order valence-electron chi connectivity index (χ4n) is 2.01. The molecule has 0 bridgehead atoms. The lowest BCUT2D eigenvalue weighted by atomic mass is 10.1. The molecule has 18 heavy (non-hydrogen) atoms. The molecule has 3 N–H and O–H groups in total. The third kappa shape index (κ3) is 3.68. The highest BCUT2D eigenvalue weighted by molar-refractivity contribution is 5.89. The number of ether oxygens (including phenoxy) is 1. The summed E-state index contributed by atoms with van der Waals surface area (Å²) in [6.45, 7) is 3.18. The SMILES string of the molecule is CCCC[C@H](N)C(=O)N1CCOCC1C(=O)NC. The van der Waals surface area contributed by atoms with Gasteiger partial charge >= 0.3 is 0 Å². The molecule has 0 aromatic rings. The summed E-state index contributed by atoms with van der Waals surface area (Å²) in [6, 6.07) is -1.07. The number of rotatable bonds is 5. The van der Waals surface area contributed by atoms with Crippen molar-refractivity contribution in [2.24, 2.45) is 5.73 Å². The average molecular weight is 257 g/mol. The van der Waals surface area contributed by atoms with Crippen LogP contribution in [0.2, 0.25) is 0 Å². The topological polar surface area (TPSA) is 84.7 Å². The number of morpholine rings is 1. The highest BCUT2D eigenvalue weighted by Gasteiger charge is 2.34. The summed E-state index contributed by atoms with van der Waals surface area (Å²) in [6.07, 6.45) is 2.58. The van der Waals surface area contributed by atoms with Crippen LogP contribution in [0.15, 0.2) is 0 Å². The van der Waals surface area contributed by atoms with Gasteiger partial charge in [0.15, 0.2) is 0 Å². The molecule has 0 spiro atoms. The van der Waals surface area contributed by atoms with Crippen molar-refractivity contribution in [3.63, 3.8) is 0 Å². The molecular weight excluding hydrogens is 234 g/mol. The first-order valence-electron chi connectivity index (χ1n) is 6.47. The van der Waals surface area contributed by atoms with Crippen LogP contribution in [0, 0.1) is 0 Å². The normalized spacial score (nSPS) is 21.5. The van der Waals surface area contributed by atoms with Crippen LogP contribution in [0.4, 0.5) is 0 Å². The van der Waals surface area contributed by atoms with Crippen LogP contribution in [-0.2, 0) is 14.3 Å². The van der Waals surface area contributed by atoms with Crippen molar-refractivity contribution >= 4 is 11.8 Å². The van der Waals surface area contributed by atoms with Gasteiger partial charge in [-0.25, -0.2) is 0 Å². The second kappa shape index (κ2) is 7.33. The highest BCUT2D eigenvalue weighted by Crippen LogP contribution is 2.11. The number of hydrogen-bond donors (Lipinski definition) is 2. The molecule has 2 amide bonds. The number of carbonyl (C=O) groups is 2. The van der Waals surface area contributed by atoms with Gasteiger partial charge in [0.2, 0.25) is 11.8 Å². The molecule has 1 unspecified atom stereocenters. The molecule has 0 aromatic carbocycles. The molecule has 0 saturated carbocycles. The molecule has 1 heterocycles. The number of unbranched alkanes of at least 4 members (excludes halogenated alkanes) is 1. The maximum Gasteiger partial charge on any atom is 0.244 e. The average Bonchev–Trinajstić information content (AvgIpc) is 2.43. The second-order valence-electron chi connectivity index (χ2n) is 4.49. The van der Waals surface area contributed by atoms with Gasteiger partial charge in [0.1, 0.15) is 6.04 Å². The zero-order valence-corrected chi connectivity index (χ0v) is 11.1. The van der Waals surface area contributed by atoms with Crippen molar-refractivity contribution in [3.05, 3.63) is 0 Å². The smallest absolute Gasteiger partial charge is 0.244 e. The maximum absolute atomic E-state index is 12.2. The van der Waals surface area contributed by atoms with E-state index in [9.17, 15) is 9.59 Å². The predicted molar refractivity (Wildman–Crippen MR) is 67.9 cm³/mol. The molecule has 2 atom stereocenters. The number of carbonyl (C=O) groups excluding carboxylic acids is 2. The Kier molecular flexibility index (Phi) is 6.07. The van der Waals surface area contributed by atoms with E-state index < -0.39 is 12.1 Å². The van der Waals surface area contributed by atoms with Crippen LogP contribution < -0.4 is 11.1 Å². The molecule has 1 aliphatic heterocycles. The van der Waals surface area contributed by atoms with Crippen molar-refractivity contribution in [2.45, 2.75) is 38.3 Å². The van der Waals surface area contributed by atoms with Crippen molar-refractivity contribution in [1.82, 2.24) is 10.2 Å². The Hall–Kier alpha value is -1.14. The molecule has 1 rings (SSSR count). The van der Waals surface area contributed by atoms with Gasteiger partial charge in [0, 0.05) is 13.6 Å². The van der Waals surface area contributed by atoms with Crippen LogP contribution in [0.3, 0.4) is 0 Å². The maximum atomic E-state index is 12.2. The van der Waals surface area contributed by atoms with Gasteiger partial charge in [-0.05, 0) is 6.42 Å². The molecular formula is C12H23N3O3. The quantitative estimate of drug-likeness (QED) is 0.694. The molecule has 1 fully saturated rings. The minimum atomic E-state index is -0.552. The largest absolute Gasteiger partial charge is 0.377 e. The van der Waals surface area contributed by atoms with E-state index in [-0.39, 0.29) is 18.4 Å². The summed E-state index contributed by atoms with van der Waals surface area (Å²) in [5.41, 5.74) is 5.87. The zero-order chi connectivity index (χ0) is 13.5. The molecule has 1 aliphatic rings. The minimum Gasteiger partial charge on any atom is -0.377 e. The van der Waals surface area contributed by atoms with Crippen LogP contribution >= 0.6 is 0 Å². The van der Waals surface area contributed by atoms with Crippen molar-refractivity contribution in [2.75, 3.05) is 26.8 Å². The van der Waals surface area contributed by atoms with Crippen LogP contribution in [0.5, 0.6) is 0 Å². The summed E-state index contributed by atoms with van der Waals surface area (Å²) in [5, 5.41) is 2.55. The van der Waals surface area contributed by atoms with Crippen LogP contribution in [0.1, 0.15) is 26.2 Å². The van der Waals surface area contributed by atoms with Crippen molar-refractivity contribution in [3.8, 4) is 0 Å². The minimum absolute atomic E-state index is 0.152. The van der Waals surface area contributed by atoms with Crippen molar-refractivity contribution in [1.29, 1.82) is 0 Å². The standard InChI is InChI=1S/C12H23N3O3/c1-3-4-5-9(13)12(17)15-6-7-18-8-10(15)11(16)14-2/h9-10H,3-8,13H2,1-2H3,(H,14,16)/t9-,10?/m0/s1. The predicted octanol–water partition coefficient (Wildman–Crippen LogP) is -0.523. The third-order valence-corrected chi connectivity index (χ3v) is 3.15. The molecule has 0 aromatic heterocycles. The highest BCUT2D eigenvalue weighted by atomic mass is 16.5. The lowest BCUT2D eigenvalue weighted by Crippen LogP contribution is -2.58. The summed E-state index contributed by atoms with van der Waals surface area (Å²) < 4.78 is 5.25.